The first-order valence-corrected chi connectivity index (χ1v) is 17.8. The van der Waals surface area contributed by atoms with E-state index in [1.54, 1.807) is 66.4 Å². The van der Waals surface area contributed by atoms with E-state index in [9.17, 15) is 28.2 Å². The molecule has 0 aliphatic carbocycles. The van der Waals surface area contributed by atoms with E-state index in [1.807, 2.05) is 20.9 Å². The van der Waals surface area contributed by atoms with Gasteiger partial charge >= 0.3 is 5.97 Å². The van der Waals surface area contributed by atoms with Crippen LogP contribution in [0.2, 0.25) is 0 Å². The van der Waals surface area contributed by atoms with Crippen LogP contribution in [0.25, 0.3) is 0 Å². The van der Waals surface area contributed by atoms with Gasteiger partial charge in [-0.25, -0.2) is 13.2 Å². The van der Waals surface area contributed by atoms with E-state index in [0.29, 0.717) is 25.4 Å². The van der Waals surface area contributed by atoms with Crippen molar-refractivity contribution in [1.82, 2.24) is 9.80 Å². The van der Waals surface area contributed by atoms with Crippen molar-refractivity contribution in [3.05, 3.63) is 89.5 Å². The Morgan fingerprint density at radius 3 is 2.44 bits per heavy atom. The molecule has 4 rings (SSSR count). The molecule has 48 heavy (non-hydrogen) atoms. The maximum absolute atomic E-state index is 14.4. The molecule has 1 aliphatic rings. The van der Waals surface area contributed by atoms with Gasteiger partial charge in [0.25, 0.3) is 15.9 Å². The highest BCUT2D eigenvalue weighted by atomic mass is 32.2. The number of carbonyl (C=O) groups excluding carboxylic acids is 1. The van der Waals surface area contributed by atoms with Crippen molar-refractivity contribution in [3.8, 4) is 5.75 Å². The summed E-state index contributed by atoms with van der Waals surface area (Å²) in [6.07, 6.45) is 1.92. The number of aliphatic hydroxyl groups is 1. The van der Waals surface area contributed by atoms with Crippen LogP contribution in [0.4, 0.5) is 5.69 Å². The highest BCUT2D eigenvalue weighted by molar-refractivity contribution is 7.92. The van der Waals surface area contributed by atoms with Crippen molar-refractivity contribution in [2.45, 2.75) is 69.7 Å². The number of hydrogen-bond acceptors (Lipinski definition) is 8. The highest BCUT2D eigenvalue weighted by Gasteiger charge is 2.30. The van der Waals surface area contributed by atoms with Crippen LogP contribution in [0.1, 0.15) is 66.3 Å². The summed E-state index contributed by atoms with van der Waals surface area (Å²) in [7, 11) is -1.94. The van der Waals surface area contributed by atoms with Gasteiger partial charge in [-0.05, 0) is 88.2 Å². The smallest absolute Gasteiger partial charge is 0.335 e. The first-order valence-electron chi connectivity index (χ1n) is 16.3. The second-order valence-corrected chi connectivity index (χ2v) is 14.3. The van der Waals surface area contributed by atoms with E-state index in [2.05, 4.69) is 9.62 Å². The summed E-state index contributed by atoms with van der Waals surface area (Å²) in [5.41, 5.74) is 1.60. The van der Waals surface area contributed by atoms with Gasteiger partial charge in [0, 0.05) is 37.8 Å². The van der Waals surface area contributed by atoms with Crippen molar-refractivity contribution in [1.29, 1.82) is 0 Å². The Morgan fingerprint density at radius 2 is 1.77 bits per heavy atom. The molecule has 1 amide bonds. The molecule has 11 nitrogen and oxygen atoms in total. The molecule has 0 spiro atoms. The SMILES string of the molecule is C[C@H](CO)N1C[C@H](C)[C@@H](CN(C)Cc2ccc(C(=O)O)cc2)OCCCC[C@H](C)Oc2ccc(NS(=O)(=O)c3ccccc3)cc2C1=O. The van der Waals surface area contributed by atoms with Gasteiger partial charge in [-0.2, -0.15) is 0 Å². The van der Waals surface area contributed by atoms with E-state index in [0.717, 1.165) is 24.8 Å². The molecular weight excluding hydrogens is 634 g/mol. The predicted octanol–water partition coefficient (Wildman–Crippen LogP) is 5.11. The standard InChI is InChI=1S/C36H47N3O8S/c1-25-21-39(26(2)24-40)35(41)32-20-30(37-48(44,45)31-11-6-5-7-12-31)17-18-33(32)47-27(3)10-8-9-19-46-34(25)23-38(4)22-28-13-15-29(16-14-28)36(42)43/h5-7,11-18,20,25-27,34,37,40H,8-10,19,21-24H2,1-4H3,(H,42,43)/t25-,26+,27-,34+/m0/s1. The van der Waals surface area contributed by atoms with Gasteiger partial charge in [0.1, 0.15) is 5.75 Å². The minimum Gasteiger partial charge on any atom is -0.490 e. The lowest BCUT2D eigenvalue weighted by Gasteiger charge is -2.36. The van der Waals surface area contributed by atoms with Gasteiger partial charge in [-0.1, -0.05) is 37.3 Å². The maximum Gasteiger partial charge on any atom is 0.335 e. The third-order valence-electron chi connectivity index (χ3n) is 8.50. The van der Waals surface area contributed by atoms with Gasteiger partial charge in [0.2, 0.25) is 0 Å². The van der Waals surface area contributed by atoms with Crippen LogP contribution in [0, 0.1) is 5.92 Å². The zero-order valence-corrected chi connectivity index (χ0v) is 28.9. The number of fused-ring (bicyclic) bond motifs is 1. The van der Waals surface area contributed by atoms with Gasteiger partial charge in [0.05, 0.1) is 40.9 Å². The molecule has 260 valence electrons. The van der Waals surface area contributed by atoms with Gasteiger partial charge in [-0.3, -0.25) is 14.4 Å². The van der Waals surface area contributed by atoms with Gasteiger partial charge in [0.15, 0.2) is 0 Å². The number of likely N-dealkylation sites (N-methyl/N-ethyl adjacent to an activating group) is 1. The number of rotatable bonds is 10. The molecule has 0 saturated carbocycles. The number of anilines is 1. The third-order valence-corrected chi connectivity index (χ3v) is 9.90. The monoisotopic (exact) mass is 681 g/mol. The zero-order valence-electron chi connectivity index (χ0n) is 28.0. The summed E-state index contributed by atoms with van der Waals surface area (Å²) in [6, 6.07) is 18.9. The number of carbonyl (C=O) groups is 2. The van der Waals surface area contributed by atoms with Crippen molar-refractivity contribution in [2.75, 3.05) is 38.1 Å². The fourth-order valence-corrected chi connectivity index (χ4v) is 6.77. The van der Waals surface area contributed by atoms with Crippen molar-refractivity contribution in [3.63, 3.8) is 0 Å². The molecule has 0 radical (unpaired) electrons. The van der Waals surface area contributed by atoms with Crippen molar-refractivity contribution < 1.29 is 37.7 Å². The number of amides is 1. The van der Waals surface area contributed by atoms with Crippen LogP contribution < -0.4 is 9.46 Å². The van der Waals surface area contributed by atoms with E-state index in [1.165, 1.54) is 18.2 Å². The van der Waals surface area contributed by atoms with Crippen LogP contribution >= 0.6 is 0 Å². The number of benzene rings is 3. The first kappa shape index (κ1) is 36.9. The van der Waals surface area contributed by atoms with Crippen LogP contribution in [0.3, 0.4) is 0 Å². The molecule has 0 aromatic heterocycles. The normalized spacial score (nSPS) is 20.3. The molecule has 3 aromatic carbocycles. The third kappa shape index (κ3) is 10.0. The first-order chi connectivity index (χ1) is 22.9. The van der Waals surface area contributed by atoms with E-state index >= 15 is 0 Å². The number of carboxylic acid groups (broad SMARTS) is 1. The topological polar surface area (TPSA) is 146 Å². The number of hydrogen-bond donors (Lipinski definition) is 3. The quantitative estimate of drug-likeness (QED) is 0.266. The average molecular weight is 682 g/mol. The minimum atomic E-state index is -3.91. The Kier molecular flexibility index (Phi) is 13.0. The molecule has 0 unspecified atom stereocenters. The summed E-state index contributed by atoms with van der Waals surface area (Å²) in [5.74, 6) is -1.17. The Bertz CT molecular complexity index is 1620. The number of nitrogens with one attached hydrogen (secondary N) is 1. The second-order valence-electron chi connectivity index (χ2n) is 12.6. The molecule has 0 saturated heterocycles. The summed E-state index contributed by atoms with van der Waals surface area (Å²) in [4.78, 5) is 29.4. The molecular formula is C36H47N3O8S. The fraction of sp³-hybridized carbons (Fsp3) is 0.444. The molecule has 0 fully saturated rings. The molecule has 0 bridgehead atoms. The lowest BCUT2D eigenvalue weighted by molar-refractivity contribution is -0.0177. The van der Waals surface area contributed by atoms with Crippen LogP contribution in [0.5, 0.6) is 5.75 Å². The second kappa shape index (κ2) is 16.9. The van der Waals surface area contributed by atoms with Crippen LogP contribution in [-0.2, 0) is 21.3 Å². The summed E-state index contributed by atoms with van der Waals surface area (Å²) in [5, 5.41) is 19.5. The Labute approximate surface area is 283 Å². The molecule has 1 aliphatic heterocycles. The molecule has 1 heterocycles. The average Bonchev–Trinajstić information content (AvgIpc) is 3.06. The number of aromatic carboxylic acids is 1. The number of aliphatic hydroxyl groups excluding tert-OH is 1. The minimum absolute atomic E-state index is 0.0962. The number of sulfonamides is 1. The van der Waals surface area contributed by atoms with Gasteiger partial charge < -0.3 is 24.6 Å². The van der Waals surface area contributed by atoms with E-state index < -0.39 is 27.9 Å². The van der Waals surface area contributed by atoms with E-state index in [-0.39, 0.29) is 53.0 Å². The maximum atomic E-state index is 14.4. The van der Waals surface area contributed by atoms with E-state index in [4.69, 9.17) is 9.47 Å². The molecule has 3 aromatic rings. The van der Waals surface area contributed by atoms with Gasteiger partial charge in [-0.15, -0.1) is 0 Å². The Hall–Kier alpha value is -3.97. The fourth-order valence-electron chi connectivity index (χ4n) is 5.70. The molecule has 3 N–H and O–H groups in total. The Balaban J connectivity index is 1.61. The van der Waals surface area contributed by atoms with Crippen LogP contribution in [-0.4, -0.2) is 91.9 Å². The van der Waals surface area contributed by atoms with Crippen LogP contribution in [0.15, 0.2) is 77.7 Å². The number of carboxylic acids is 1. The lowest BCUT2D eigenvalue weighted by atomic mass is 10.0. The predicted molar refractivity (Wildman–Crippen MR) is 184 cm³/mol. The summed E-state index contributed by atoms with van der Waals surface area (Å²) < 4.78 is 41.5. The van der Waals surface area contributed by atoms with Crippen molar-refractivity contribution >= 4 is 27.6 Å². The largest absolute Gasteiger partial charge is 0.490 e. The summed E-state index contributed by atoms with van der Waals surface area (Å²) >= 11 is 0. The zero-order chi connectivity index (χ0) is 34.8. The Morgan fingerprint density at radius 1 is 1.06 bits per heavy atom. The molecule has 12 heteroatoms. The highest BCUT2D eigenvalue weighted by Crippen LogP contribution is 2.29. The summed E-state index contributed by atoms with van der Waals surface area (Å²) in [6.45, 7) is 7.37. The number of ether oxygens (including phenoxy) is 2. The lowest BCUT2D eigenvalue weighted by Crippen LogP contribution is -2.47. The van der Waals surface area contributed by atoms with Crippen molar-refractivity contribution in [2.24, 2.45) is 5.92 Å². The number of nitrogens with zero attached hydrogens (tertiary/aromatic N) is 2. The molecule has 4 atom stereocenters.